The Morgan fingerprint density at radius 1 is 1.21 bits per heavy atom. The second kappa shape index (κ2) is 8.06. The van der Waals surface area contributed by atoms with Gasteiger partial charge >= 0.3 is 0 Å². The number of hydrogen-bond donors (Lipinski definition) is 1. The minimum Gasteiger partial charge on any atom is -0.495 e. The second-order valence-electron chi connectivity index (χ2n) is 5.85. The lowest BCUT2D eigenvalue weighted by molar-refractivity contribution is -0.118. The number of aryl methyl sites for hydroxylation is 1. The van der Waals surface area contributed by atoms with Crippen molar-refractivity contribution in [1.29, 1.82) is 0 Å². The Hall–Kier alpha value is -2.20. The van der Waals surface area contributed by atoms with E-state index in [4.69, 9.17) is 21.1 Å². The average molecular weight is 348 g/mol. The van der Waals surface area contributed by atoms with E-state index in [1.165, 1.54) is 12.7 Å². The predicted octanol–water partition coefficient (Wildman–Crippen LogP) is 4.80. The predicted molar refractivity (Wildman–Crippen MR) is 97.4 cm³/mol. The first-order valence-corrected chi connectivity index (χ1v) is 8.15. The van der Waals surface area contributed by atoms with E-state index in [2.05, 4.69) is 19.2 Å². The molecule has 0 saturated heterocycles. The zero-order valence-electron chi connectivity index (χ0n) is 14.4. The van der Waals surface area contributed by atoms with Crippen LogP contribution in [-0.2, 0) is 4.79 Å². The van der Waals surface area contributed by atoms with Crippen molar-refractivity contribution in [2.24, 2.45) is 0 Å². The van der Waals surface area contributed by atoms with Crippen LogP contribution in [0.4, 0.5) is 5.69 Å². The number of rotatable bonds is 6. The van der Waals surface area contributed by atoms with Gasteiger partial charge in [-0.3, -0.25) is 4.79 Å². The molecule has 0 aliphatic heterocycles. The smallest absolute Gasteiger partial charge is 0.262 e. The molecule has 0 unspecified atom stereocenters. The molecule has 0 aliphatic rings. The zero-order chi connectivity index (χ0) is 17.7. The Labute approximate surface area is 147 Å². The third-order valence-corrected chi connectivity index (χ3v) is 3.90. The number of carbonyl (C=O) groups excluding carboxylic acids is 1. The minimum absolute atomic E-state index is 0.0872. The number of ether oxygens (including phenoxy) is 2. The van der Waals surface area contributed by atoms with Gasteiger partial charge < -0.3 is 14.8 Å². The summed E-state index contributed by atoms with van der Waals surface area (Å²) in [4.78, 5) is 12.1. The van der Waals surface area contributed by atoms with E-state index in [1.54, 1.807) is 18.2 Å². The molecule has 0 radical (unpaired) electrons. The van der Waals surface area contributed by atoms with E-state index in [-0.39, 0.29) is 12.5 Å². The van der Waals surface area contributed by atoms with Crippen LogP contribution in [0.3, 0.4) is 0 Å². The molecule has 0 saturated carbocycles. The highest BCUT2D eigenvalue weighted by atomic mass is 35.5. The lowest BCUT2D eigenvalue weighted by Crippen LogP contribution is -2.20. The van der Waals surface area contributed by atoms with Crippen LogP contribution in [-0.4, -0.2) is 19.6 Å². The molecule has 1 N–H and O–H groups in total. The van der Waals surface area contributed by atoms with Gasteiger partial charge in [0.1, 0.15) is 11.5 Å². The van der Waals surface area contributed by atoms with E-state index < -0.39 is 0 Å². The fourth-order valence-corrected chi connectivity index (χ4v) is 2.67. The average Bonchev–Trinajstić information content (AvgIpc) is 2.53. The molecule has 0 bridgehead atoms. The monoisotopic (exact) mass is 347 g/mol. The molecule has 24 heavy (non-hydrogen) atoms. The summed E-state index contributed by atoms with van der Waals surface area (Å²) in [5.74, 6) is 1.40. The van der Waals surface area contributed by atoms with Gasteiger partial charge in [-0.15, -0.1) is 0 Å². The summed E-state index contributed by atoms with van der Waals surface area (Å²) >= 11 is 5.95. The number of carbonyl (C=O) groups is 1. The molecule has 5 heteroatoms. The first-order chi connectivity index (χ1) is 11.4. The van der Waals surface area contributed by atoms with Crippen LogP contribution in [0.5, 0.6) is 11.5 Å². The summed E-state index contributed by atoms with van der Waals surface area (Å²) in [5, 5.41) is 3.26. The van der Waals surface area contributed by atoms with Crippen molar-refractivity contribution in [3.8, 4) is 11.5 Å². The molecule has 0 heterocycles. The van der Waals surface area contributed by atoms with Gasteiger partial charge in [0.25, 0.3) is 5.91 Å². The number of anilines is 1. The van der Waals surface area contributed by atoms with Crippen molar-refractivity contribution in [1.82, 2.24) is 0 Å². The summed E-state index contributed by atoms with van der Waals surface area (Å²) in [6.07, 6.45) is 0. The molecule has 4 nitrogen and oxygen atoms in total. The van der Waals surface area contributed by atoms with Crippen LogP contribution >= 0.6 is 11.6 Å². The highest BCUT2D eigenvalue weighted by molar-refractivity contribution is 6.31. The summed E-state index contributed by atoms with van der Waals surface area (Å²) in [5.41, 5.74) is 2.94. The number of halogens is 1. The summed E-state index contributed by atoms with van der Waals surface area (Å²) in [7, 11) is 1.54. The molecule has 2 rings (SSSR count). The summed E-state index contributed by atoms with van der Waals surface area (Å²) < 4.78 is 10.8. The van der Waals surface area contributed by atoms with Gasteiger partial charge in [0, 0.05) is 5.02 Å². The van der Waals surface area contributed by atoms with Crippen LogP contribution in [0.15, 0.2) is 36.4 Å². The normalized spacial score (nSPS) is 10.6. The Balaban J connectivity index is 1.99. The Bertz CT molecular complexity index is 729. The maximum Gasteiger partial charge on any atom is 0.262 e. The SMILES string of the molecule is COc1ccc(Cl)cc1NC(=O)COc1ccc(C(C)C)c(C)c1. The topological polar surface area (TPSA) is 47.6 Å². The highest BCUT2D eigenvalue weighted by Crippen LogP contribution is 2.28. The quantitative estimate of drug-likeness (QED) is 0.816. The molecular formula is C19H22ClNO3. The van der Waals surface area contributed by atoms with E-state index >= 15 is 0 Å². The van der Waals surface area contributed by atoms with Crippen LogP contribution in [0, 0.1) is 6.92 Å². The third kappa shape index (κ3) is 4.65. The first-order valence-electron chi connectivity index (χ1n) is 7.77. The van der Waals surface area contributed by atoms with Gasteiger partial charge in [0.15, 0.2) is 6.61 Å². The molecule has 0 atom stereocenters. The zero-order valence-corrected chi connectivity index (χ0v) is 15.1. The largest absolute Gasteiger partial charge is 0.495 e. The van der Waals surface area contributed by atoms with Gasteiger partial charge in [-0.2, -0.15) is 0 Å². The summed E-state index contributed by atoms with van der Waals surface area (Å²) in [6, 6.07) is 10.9. The second-order valence-corrected chi connectivity index (χ2v) is 6.29. The van der Waals surface area contributed by atoms with E-state index in [1.807, 2.05) is 25.1 Å². The summed E-state index contributed by atoms with van der Waals surface area (Å²) in [6.45, 7) is 6.25. The molecule has 2 aromatic carbocycles. The van der Waals surface area contributed by atoms with E-state index in [0.717, 1.165) is 5.56 Å². The number of benzene rings is 2. The van der Waals surface area contributed by atoms with Crippen LogP contribution in [0.1, 0.15) is 30.9 Å². The molecule has 128 valence electrons. The molecular weight excluding hydrogens is 326 g/mol. The van der Waals surface area contributed by atoms with Gasteiger partial charge in [0.05, 0.1) is 12.8 Å². The van der Waals surface area contributed by atoms with Gasteiger partial charge in [0.2, 0.25) is 0 Å². The van der Waals surface area contributed by atoms with Crippen molar-refractivity contribution in [2.45, 2.75) is 26.7 Å². The molecule has 0 fully saturated rings. The number of methoxy groups -OCH3 is 1. The van der Waals surface area contributed by atoms with Crippen molar-refractivity contribution >= 4 is 23.2 Å². The van der Waals surface area contributed by atoms with Crippen molar-refractivity contribution in [3.63, 3.8) is 0 Å². The maximum absolute atomic E-state index is 12.1. The lowest BCUT2D eigenvalue weighted by atomic mass is 9.98. The number of amides is 1. The Morgan fingerprint density at radius 2 is 1.96 bits per heavy atom. The van der Waals surface area contributed by atoms with Gasteiger partial charge in [-0.1, -0.05) is 31.5 Å². The fraction of sp³-hybridized carbons (Fsp3) is 0.316. The minimum atomic E-state index is -0.277. The Kier molecular flexibility index (Phi) is 6.10. The Morgan fingerprint density at radius 3 is 2.58 bits per heavy atom. The number of nitrogens with one attached hydrogen (secondary N) is 1. The fourth-order valence-electron chi connectivity index (χ4n) is 2.50. The molecule has 1 amide bonds. The standard InChI is InChI=1S/C19H22ClNO3/c1-12(2)16-7-6-15(9-13(16)3)24-11-19(22)21-17-10-14(20)5-8-18(17)23-4/h5-10,12H,11H2,1-4H3,(H,21,22). The van der Waals surface area contributed by atoms with Gasteiger partial charge in [-0.25, -0.2) is 0 Å². The lowest BCUT2D eigenvalue weighted by Gasteiger charge is -2.13. The van der Waals surface area contributed by atoms with Crippen molar-refractivity contribution in [2.75, 3.05) is 19.0 Å². The first kappa shape index (κ1) is 18.1. The van der Waals surface area contributed by atoms with E-state index in [9.17, 15) is 4.79 Å². The molecule has 2 aromatic rings. The molecule has 0 aliphatic carbocycles. The molecule has 0 spiro atoms. The van der Waals surface area contributed by atoms with Crippen LogP contribution < -0.4 is 14.8 Å². The number of hydrogen-bond acceptors (Lipinski definition) is 3. The molecule has 0 aromatic heterocycles. The van der Waals surface area contributed by atoms with Crippen LogP contribution in [0.2, 0.25) is 5.02 Å². The van der Waals surface area contributed by atoms with Crippen LogP contribution in [0.25, 0.3) is 0 Å². The highest BCUT2D eigenvalue weighted by Gasteiger charge is 2.10. The third-order valence-electron chi connectivity index (χ3n) is 3.67. The maximum atomic E-state index is 12.1. The van der Waals surface area contributed by atoms with E-state index in [0.29, 0.717) is 28.1 Å². The van der Waals surface area contributed by atoms with Crippen molar-refractivity contribution < 1.29 is 14.3 Å². The van der Waals surface area contributed by atoms with Crippen molar-refractivity contribution in [3.05, 3.63) is 52.5 Å². The van der Waals surface area contributed by atoms with Gasteiger partial charge in [-0.05, 0) is 54.3 Å².